The Morgan fingerprint density at radius 1 is 1.35 bits per heavy atom. The second-order valence-corrected chi connectivity index (χ2v) is 7.20. The summed E-state index contributed by atoms with van der Waals surface area (Å²) in [4.78, 5) is 27.4. The molecule has 0 aliphatic carbocycles. The van der Waals surface area contributed by atoms with Gasteiger partial charge in [0.15, 0.2) is 0 Å². The Morgan fingerprint density at radius 3 is 2.73 bits per heavy atom. The number of amides is 2. The average molecular weight is 402 g/mol. The molecule has 1 fully saturated rings. The molecule has 6 nitrogen and oxygen atoms in total. The predicted octanol–water partition coefficient (Wildman–Crippen LogP) is 1.91. The molecule has 0 spiro atoms. The lowest BCUT2D eigenvalue weighted by Gasteiger charge is -2.32. The van der Waals surface area contributed by atoms with Gasteiger partial charge >= 0.3 is 0 Å². The van der Waals surface area contributed by atoms with Gasteiger partial charge in [0.1, 0.15) is 5.75 Å². The van der Waals surface area contributed by atoms with Gasteiger partial charge in [-0.1, -0.05) is 0 Å². The first-order valence-electron chi connectivity index (χ1n) is 8.66. The number of likely N-dealkylation sites (tertiary alicyclic amines) is 1. The third-order valence-electron chi connectivity index (χ3n) is 4.23. The Kier molecular flexibility index (Phi) is 10.5. The molecule has 1 aliphatic heterocycles. The predicted molar refractivity (Wildman–Crippen MR) is 107 cm³/mol. The molecule has 8 heteroatoms. The zero-order valence-electron chi connectivity index (χ0n) is 15.1. The van der Waals surface area contributed by atoms with Crippen LogP contribution in [0, 0.1) is 5.92 Å². The van der Waals surface area contributed by atoms with Crippen LogP contribution in [-0.2, 0) is 9.59 Å². The van der Waals surface area contributed by atoms with Crippen molar-refractivity contribution in [2.45, 2.75) is 24.2 Å². The van der Waals surface area contributed by atoms with E-state index in [0.717, 1.165) is 35.8 Å². The number of nitrogens with two attached hydrogens (primary N) is 1. The van der Waals surface area contributed by atoms with Crippen molar-refractivity contribution in [3.05, 3.63) is 24.3 Å². The SMILES string of the molecule is COc1ccc(SCCC(=O)N2CCCC(C(=O)NCCN)C2)cc1.Cl. The zero-order chi connectivity index (χ0) is 18.1. The fraction of sp³-hybridized carbons (Fsp3) is 0.556. The molecule has 0 radical (unpaired) electrons. The van der Waals surface area contributed by atoms with Gasteiger partial charge in [0, 0.05) is 43.2 Å². The van der Waals surface area contributed by atoms with Crippen LogP contribution in [0.1, 0.15) is 19.3 Å². The number of methoxy groups -OCH3 is 1. The third-order valence-corrected chi connectivity index (χ3v) is 5.25. The number of carbonyl (C=O) groups is 2. The minimum Gasteiger partial charge on any atom is -0.497 e. The maximum absolute atomic E-state index is 12.4. The molecule has 1 unspecified atom stereocenters. The van der Waals surface area contributed by atoms with Crippen molar-refractivity contribution in [2.75, 3.05) is 39.0 Å². The van der Waals surface area contributed by atoms with Gasteiger partial charge in [-0.2, -0.15) is 0 Å². The maximum atomic E-state index is 12.4. The molecular weight excluding hydrogens is 374 g/mol. The van der Waals surface area contributed by atoms with Crippen molar-refractivity contribution in [3.8, 4) is 5.75 Å². The Bertz CT molecular complexity index is 571. The summed E-state index contributed by atoms with van der Waals surface area (Å²) >= 11 is 1.65. The minimum atomic E-state index is -0.113. The van der Waals surface area contributed by atoms with Crippen molar-refractivity contribution in [2.24, 2.45) is 11.7 Å². The highest BCUT2D eigenvalue weighted by Crippen LogP contribution is 2.23. The molecule has 3 N–H and O–H groups in total. The van der Waals surface area contributed by atoms with Crippen molar-refractivity contribution in [1.29, 1.82) is 0 Å². The second kappa shape index (κ2) is 12.0. The van der Waals surface area contributed by atoms with E-state index in [9.17, 15) is 9.59 Å². The quantitative estimate of drug-likeness (QED) is 0.650. The summed E-state index contributed by atoms with van der Waals surface area (Å²) < 4.78 is 5.14. The molecule has 1 aliphatic rings. The number of piperidine rings is 1. The van der Waals surface area contributed by atoms with E-state index in [0.29, 0.717) is 26.1 Å². The first-order valence-corrected chi connectivity index (χ1v) is 9.65. The highest BCUT2D eigenvalue weighted by atomic mass is 35.5. The zero-order valence-corrected chi connectivity index (χ0v) is 16.7. The lowest BCUT2D eigenvalue weighted by atomic mass is 9.97. The van der Waals surface area contributed by atoms with E-state index in [-0.39, 0.29) is 30.1 Å². The standard InChI is InChI=1S/C18H27N3O3S.ClH/c1-24-15-4-6-16(7-5-15)25-12-8-17(22)21-11-2-3-14(13-21)18(23)20-10-9-19;/h4-7,14H,2-3,8-13,19H2,1H3,(H,20,23);1H. The summed E-state index contributed by atoms with van der Waals surface area (Å²) in [5, 5.41) is 2.82. The molecule has 26 heavy (non-hydrogen) atoms. The number of benzene rings is 1. The molecule has 1 atom stereocenters. The number of nitrogens with zero attached hydrogens (tertiary/aromatic N) is 1. The lowest BCUT2D eigenvalue weighted by Crippen LogP contribution is -2.46. The van der Waals surface area contributed by atoms with Crippen LogP contribution in [-0.4, -0.2) is 55.8 Å². The van der Waals surface area contributed by atoms with Crippen LogP contribution in [0.25, 0.3) is 0 Å². The Hall–Kier alpha value is -1.44. The van der Waals surface area contributed by atoms with Gasteiger partial charge < -0.3 is 20.7 Å². The lowest BCUT2D eigenvalue weighted by molar-refractivity contribution is -0.135. The largest absolute Gasteiger partial charge is 0.497 e. The monoisotopic (exact) mass is 401 g/mol. The number of hydrogen-bond acceptors (Lipinski definition) is 5. The van der Waals surface area contributed by atoms with E-state index in [1.165, 1.54) is 0 Å². The fourth-order valence-electron chi connectivity index (χ4n) is 2.84. The molecule has 0 aromatic heterocycles. The molecule has 146 valence electrons. The van der Waals surface area contributed by atoms with Crippen LogP contribution in [0.3, 0.4) is 0 Å². The highest BCUT2D eigenvalue weighted by molar-refractivity contribution is 7.99. The number of nitrogens with one attached hydrogen (secondary N) is 1. The first kappa shape index (κ1) is 22.6. The summed E-state index contributed by atoms with van der Waals surface area (Å²) in [7, 11) is 1.64. The van der Waals surface area contributed by atoms with Gasteiger partial charge in [0.2, 0.25) is 11.8 Å². The van der Waals surface area contributed by atoms with Gasteiger partial charge in [0.25, 0.3) is 0 Å². The summed E-state index contributed by atoms with van der Waals surface area (Å²) in [5.41, 5.74) is 5.41. The molecule has 2 rings (SSSR count). The van der Waals surface area contributed by atoms with Gasteiger partial charge in [-0.3, -0.25) is 9.59 Å². The number of thioether (sulfide) groups is 1. The number of ether oxygens (including phenoxy) is 1. The molecule has 1 aromatic rings. The third kappa shape index (κ3) is 7.05. The molecule has 1 aromatic carbocycles. The maximum Gasteiger partial charge on any atom is 0.224 e. The van der Waals surface area contributed by atoms with Crippen molar-refractivity contribution in [1.82, 2.24) is 10.2 Å². The normalized spacial score (nSPS) is 16.5. The average Bonchev–Trinajstić information content (AvgIpc) is 2.66. The smallest absolute Gasteiger partial charge is 0.224 e. The summed E-state index contributed by atoms with van der Waals surface area (Å²) in [6.07, 6.45) is 2.19. The summed E-state index contributed by atoms with van der Waals surface area (Å²) in [6.45, 7) is 2.18. The number of hydrogen-bond donors (Lipinski definition) is 2. The van der Waals surface area contributed by atoms with Gasteiger partial charge in [-0.25, -0.2) is 0 Å². The Balaban J connectivity index is 0.00000338. The topological polar surface area (TPSA) is 84.7 Å². The van der Waals surface area contributed by atoms with Gasteiger partial charge in [-0.15, -0.1) is 24.2 Å². The summed E-state index contributed by atoms with van der Waals surface area (Å²) in [6, 6.07) is 7.82. The van der Waals surface area contributed by atoms with E-state index < -0.39 is 0 Å². The molecule has 1 saturated heterocycles. The van der Waals surface area contributed by atoms with Crippen LogP contribution in [0.15, 0.2) is 29.2 Å². The van der Waals surface area contributed by atoms with Crippen LogP contribution >= 0.6 is 24.2 Å². The number of halogens is 1. The van der Waals surface area contributed by atoms with Gasteiger partial charge in [0.05, 0.1) is 13.0 Å². The minimum absolute atomic E-state index is 0. The van der Waals surface area contributed by atoms with E-state index in [2.05, 4.69) is 5.32 Å². The van der Waals surface area contributed by atoms with Crippen molar-refractivity contribution < 1.29 is 14.3 Å². The fourth-order valence-corrected chi connectivity index (χ4v) is 3.68. The van der Waals surface area contributed by atoms with E-state index in [1.54, 1.807) is 18.9 Å². The molecule has 0 saturated carbocycles. The van der Waals surface area contributed by atoms with Crippen LogP contribution in [0.5, 0.6) is 5.75 Å². The first-order chi connectivity index (χ1) is 12.1. The number of carbonyl (C=O) groups excluding carboxylic acids is 2. The van der Waals surface area contributed by atoms with Crippen LogP contribution in [0.2, 0.25) is 0 Å². The second-order valence-electron chi connectivity index (χ2n) is 6.03. The number of rotatable bonds is 8. The molecule has 1 heterocycles. The van der Waals surface area contributed by atoms with Crippen molar-refractivity contribution >= 4 is 36.0 Å². The molecule has 0 bridgehead atoms. The van der Waals surface area contributed by atoms with Crippen LogP contribution < -0.4 is 15.8 Å². The van der Waals surface area contributed by atoms with E-state index in [4.69, 9.17) is 10.5 Å². The van der Waals surface area contributed by atoms with Crippen molar-refractivity contribution in [3.63, 3.8) is 0 Å². The highest BCUT2D eigenvalue weighted by Gasteiger charge is 2.27. The van der Waals surface area contributed by atoms with E-state index >= 15 is 0 Å². The summed E-state index contributed by atoms with van der Waals surface area (Å²) in [5.74, 6) is 1.57. The molecule has 2 amide bonds. The Morgan fingerprint density at radius 2 is 2.08 bits per heavy atom. The van der Waals surface area contributed by atoms with Gasteiger partial charge in [-0.05, 0) is 37.1 Å². The van der Waals surface area contributed by atoms with Crippen LogP contribution in [0.4, 0.5) is 0 Å². The Labute approximate surface area is 165 Å². The molecular formula is C18H28ClN3O3S. The van der Waals surface area contributed by atoms with E-state index in [1.807, 2.05) is 29.2 Å².